The van der Waals surface area contributed by atoms with E-state index in [-0.39, 0.29) is 79.9 Å². The van der Waals surface area contributed by atoms with Crippen LogP contribution in [0.1, 0.15) is 151 Å². The molecule has 206 valence electrons. The predicted molar refractivity (Wildman–Crippen MR) is 163 cm³/mol. The number of rotatable bonds is 5. The van der Waals surface area contributed by atoms with Crippen LogP contribution in [0.25, 0.3) is 0 Å². The Hall–Kier alpha value is -1.44. The SMILES string of the molecule is C.C.C.C.C.C.C.C.C.C.C=C(C)C1CCC2(C)CC1c1c(O)cc(CCCCC)cc1O2. The van der Waals surface area contributed by atoms with Gasteiger partial charge in [-0.3, -0.25) is 0 Å². The van der Waals surface area contributed by atoms with Gasteiger partial charge in [0, 0.05) is 11.5 Å². The van der Waals surface area contributed by atoms with Crippen molar-refractivity contribution in [3.8, 4) is 11.5 Å². The molecule has 1 aliphatic heterocycles. The Balaban J connectivity index is -0.000000104. The van der Waals surface area contributed by atoms with E-state index in [9.17, 15) is 5.11 Å². The second-order valence-corrected chi connectivity index (χ2v) is 7.84. The van der Waals surface area contributed by atoms with Gasteiger partial charge in [-0.1, -0.05) is 106 Å². The van der Waals surface area contributed by atoms with Crippen molar-refractivity contribution in [2.75, 3.05) is 0 Å². The number of hydrogen-bond acceptors (Lipinski definition) is 2. The average Bonchev–Trinajstić information content (AvgIpc) is 2.46. The van der Waals surface area contributed by atoms with Crippen LogP contribution in [-0.4, -0.2) is 10.7 Å². The second-order valence-electron chi connectivity index (χ2n) is 7.84. The predicted octanol–water partition coefficient (Wildman–Crippen LogP) is 12.1. The van der Waals surface area contributed by atoms with Gasteiger partial charge in [-0.25, -0.2) is 0 Å². The van der Waals surface area contributed by atoms with Crippen LogP contribution < -0.4 is 4.74 Å². The molecule has 1 aliphatic carbocycles. The van der Waals surface area contributed by atoms with E-state index in [4.69, 9.17) is 4.74 Å². The topological polar surface area (TPSA) is 29.5 Å². The number of allylic oxidation sites excluding steroid dienone is 1. The van der Waals surface area contributed by atoms with Gasteiger partial charge in [0.05, 0.1) is 0 Å². The van der Waals surface area contributed by atoms with Crippen molar-refractivity contribution >= 4 is 0 Å². The van der Waals surface area contributed by atoms with Crippen molar-refractivity contribution in [2.24, 2.45) is 5.92 Å². The summed E-state index contributed by atoms with van der Waals surface area (Å²) in [7, 11) is 0. The minimum absolute atomic E-state index is 0. The van der Waals surface area contributed by atoms with Gasteiger partial charge < -0.3 is 9.84 Å². The minimum Gasteiger partial charge on any atom is -0.508 e. The molecule has 0 spiro atoms. The summed E-state index contributed by atoms with van der Waals surface area (Å²) in [5.41, 5.74) is 3.37. The standard InChI is InChI=1S/C21H30O2.10CH4/c1-5-6-7-8-15-11-18(22)20-17-13-21(4,23-19(20)12-15)10-9-16(17)14(2)3;;;;;;;;;;/h11-12,16-17,22H,2,5-10,13H2,1,3-4H3;10*1H4. The molecule has 1 aromatic carbocycles. The van der Waals surface area contributed by atoms with Crippen LogP contribution in [0.3, 0.4) is 0 Å². The second kappa shape index (κ2) is 21.1. The summed E-state index contributed by atoms with van der Waals surface area (Å²) in [5.74, 6) is 2.15. The first-order chi connectivity index (χ1) is 10.9. The fraction of sp³-hybridized carbons (Fsp3) is 0.742. The molecule has 2 bridgehead atoms. The van der Waals surface area contributed by atoms with Crippen molar-refractivity contribution in [1.82, 2.24) is 0 Å². The maximum atomic E-state index is 10.7. The Labute approximate surface area is 214 Å². The maximum Gasteiger partial charge on any atom is 0.127 e. The van der Waals surface area contributed by atoms with E-state index < -0.39 is 0 Å². The van der Waals surface area contributed by atoms with Gasteiger partial charge in [-0.2, -0.15) is 0 Å². The van der Waals surface area contributed by atoms with E-state index in [1.165, 1.54) is 30.4 Å². The number of benzene rings is 1. The number of unbranched alkanes of at least 4 members (excludes halogenated alkanes) is 2. The fourth-order valence-corrected chi connectivity index (χ4v) is 4.47. The van der Waals surface area contributed by atoms with E-state index in [2.05, 4.69) is 33.4 Å². The van der Waals surface area contributed by atoms with Crippen molar-refractivity contribution in [2.45, 2.75) is 152 Å². The smallest absolute Gasteiger partial charge is 0.127 e. The average molecular weight is 475 g/mol. The van der Waals surface area contributed by atoms with Gasteiger partial charge >= 0.3 is 0 Å². The number of phenolic OH excluding ortho intramolecular Hbond substituents is 1. The highest BCUT2D eigenvalue weighted by atomic mass is 16.5. The van der Waals surface area contributed by atoms with E-state index in [0.29, 0.717) is 17.6 Å². The lowest BCUT2D eigenvalue weighted by molar-refractivity contribution is 0.00630. The fourth-order valence-electron chi connectivity index (χ4n) is 4.47. The van der Waals surface area contributed by atoms with Crippen LogP contribution in [0.5, 0.6) is 11.5 Å². The lowest BCUT2D eigenvalue weighted by Gasteiger charge is -2.48. The van der Waals surface area contributed by atoms with Crippen LogP contribution in [0.2, 0.25) is 0 Å². The third-order valence-corrected chi connectivity index (χ3v) is 5.73. The van der Waals surface area contributed by atoms with Crippen molar-refractivity contribution in [1.29, 1.82) is 0 Å². The molecule has 0 amide bonds. The number of aromatic hydroxyl groups is 1. The number of fused-ring (bicyclic) bond motifs is 4. The number of hydrogen-bond donors (Lipinski definition) is 1. The first-order valence-electron chi connectivity index (χ1n) is 9.14. The largest absolute Gasteiger partial charge is 0.508 e. The van der Waals surface area contributed by atoms with Gasteiger partial charge in [0.25, 0.3) is 0 Å². The molecule has 2 nitrogen and oxygen atoms in total. The highest BCUT2D eigenvalue weighted by molar-refractivity contribution is 5.52. The molecule has 2 heteroatoms. The summed E-state index contributed by atoms with van der Waals surface area (Å²) in [6, 6.07) is 4.14. The Morgan fingerprint density at radius 2 is 1.55 bits per heavy atom. The van der Waals surface area contributed by atoms with Gasteiger partial charge in [0.1, 0.15) is 17.1 Å². The van der Waals surface area contributed by atoms with Crippen molar-refractivity contribution in [3.05, 3.63) is 35.4 Å². The molecule has 3 rings (SSSR count). The molecule has 3 atom stereocenters. The van der Waals surface area contributed by atoms with Gasteiger partial charge in [-0.05, 0) is 69.6 Å². The van der Waals surface area contributed by atoms with E-state index in [1.54, 1.807) is 0 Å². The van der Waals surface area contributed by atoms with Crippen LogP contribution >= 0.6 is 0 Å². The van der Waals surface area contributed by atoms with Crippen molar-refractivity contribution < 1.29 is 9.84 Å². The molecule has 1 fully saturated rings. The highest BCUT2D eigenvalue weighted by Crippen LogP contribution is 2.55. The highest BCUT2D eigenvalue weighted by Gasteiger charge is 2.46. The summed E-state index contributed by atoms with van der Waals surface area (Å²) in [6.45, 7) is 10.8. The summed E-state index contributed by atoms with van der Waals surface area (Å²) in [6.07, 6.45) is 7.80. The summed E-state index contributed by atoms with van der Waals surface area (Å²) < 4.78 is 6.36. The summed E-state index contributed by atoms with van der Waals surface area (Å²) in [4.78, 5) is 0. The van der Waals surface area contributed by atoms with Crippen LogP contribution in [0.15, 0.2) is 24.3 Å². The molecular formula is C31H70O2. The third-order valence-electron chi connectivity index (χ3n) is 5.73. The van der Waals surface area contributed by atoms with Crippen LogP contribution in [0, 0.1) is 5.92 Å². The Morgan fingerprint density at radius 3 is 2.03 bits per heavy atom. The summed E-state index contributed by atoms with van der Waals surface area (Å²) in [5, 5.41) is 10.7. The lowest BCUT2D eigenvalue weighted by atomic mass is 9.65. The molecule has 1 aromatic rings. The maximum absolute atomic E-state index is 10.7. The third kappa shape index (κ3) is 11.0. The Kier molecular flexibility index (Phi) is 34.0. The van der Waals surface area contributed by atoms with E-state index in [0.717, 1.165) is 37.0 Å². The quantitative estimate of drug-likeness (QED) is 0.339. The Morgan fingerprint density at radius 1 is 1.00 bits per heavy atom. The number of phenols is 1. The zero-order chi connectivity index (χ0) is 16.6. The Bertz CT molecular complexity index is 605. The molecule has 0 aromatic heterocycles. The molecule has 3 unspecified atom stereocenters. The first-order valence-corrected chi connectivity index (χ1v) is 9.14. The normalized spacial score (nSPS) is 20.1. The van der Waals surface area contributed by atoms with Gasteiger partial charge in [-0.15, -0.1) is 0 Å². The van der Waals surface area contributed by atoms with Crippen molar-refractivity contribution in [3.63, 3.8) is 0 Å². The van der Waals surface area contributed by atoms with Crippen LogP contribution in [0.4, 0.5) is 0 Å². The summed E-state index contributed by atoms with van der Waals surface area (Å²) >= 11 is 0. The number of ether oxygens (including phenoxy) is 1. The van der Waals surface area contributed by atoms with Gasteiger partial charge in [0.2, 0.25) is 0 Å². The molecule has 0 radical (unpaired) electrons. The molecule has 1 heterocycles. The molecular weight excluding hydrogens is 404 g/mol. The van der Waals surface area contributed by atoms with Crippen LogP contribution in [-0.2, 0) is 6.42 Å². The number of aryl methyl sites for hydroxylation is 1. The monoisotopic (exact) mass is 475 g/mol. The molecule has 33 heavy (non-hydrogen) atoms. The molecule has 0 saturated heterocycles. The molecule has 1 N–H and O–H groups in total. The zero-order valence-electron chi connectivity index (χ0n) is 14.8. The van der Waals surface area contributed by atoms with E-state index in [1.807, 2.05) is 6.07 Å². The van der Waals surface area contributed by atoms with Gasteiger partial charge in [0.15, 0.2) is 0 Å². The molecule has 2 aliphatic rings. The lowest BCUT2D eigenvalue weighted by Crippen LogP contribution is -2.44. The minimum atomic E-state index is -0.0852. The van der Waals surface area contributed by atoms with E-state index >= 15 is 0 Å². The molecule has 1 saturated carbocycles. The first kappa shape index (κ1) is 53.1. The zero-order valence-corrected chi connectivity index (χ0v) is 14.8.